The van der Waals surface area contributed by atoms with E-state index in [0.717, 1.165) is 22.7 Å². The van der Waals surface area contributed by atoms with Gasteiger partial charge in [0.15, 0.2) is 5.69 Å². The van der Waals surface area contributed by atoms with Gasteiger partial charge >= 0.3 is 0 Å². The molecule has 3 amide bonds. The molecule has 0 aliphatic carbocycles. The number of amides is 3. The first-order valence-electron chi connectivity index (χ1n) is 11.8. The lowest BCUT2D eigenvalue weighted by molar-refractivity contribution is -0.123. The van der Waals surface area contributed by atoms with Crippen molar-refractivity contribution in [1.82, 2.24) is 9.69 Å². The van der Waals surface area contributed by atoms with Gasteiger partial charge in [0, 0.05) is 11.2 Å². The van der Waals surface area contributed by atoms with Crippen molar-refractivity contribution in [2.24, 2.45) is 5.73 Å². The number of ether oxygens (including phenoxy) is 1. The number of carbonyl (C=O) groups is 3. The molecule has 0 bridgehead atoms. The van der Waals surface area contributed by atoms with Crippen molar-refractivity contribution in [3.8, 4) is 5.75 Å². The number of nitrogen functional groups attached to an aromatic ring is 1. The first kappa shape index (κ1) is 27.7. The smallest absolute Gasteiger partial charge is 0.273 e. The second-order valence-electron chi connectivity index (χ2n) is 9.73. The summed E-state index contributed by atoms with van der Waals surface area (Å²) in [6, 6.07) is 11.4. The highest BCUT2D eigenvalue weighted by Gasteiger charge is 2.37. The van der Waals surface area contributed by atoms with Gasteiger partial charge in [-0.25, -0.2) is 0 Å². The summed E-state index contributed by atoms with van der Waals surface area (Å²) >= 11 is 0.771. The van der Waals surface area contributed by atoms with Crippen molar-refractivity contribution in [3.63, 3.8) is 0 Å². The summed E-state index contributed by atoms with van der Waals surface area (Å²) in [5, 5.41) is 3.00. The molecule has 1 aromatic heterocycles. The van der Waals surface area contributed by atoms with Crippen LogP contribution in [0.2, 0.25) is 0 Å². The van der Waals surface area contributed by atoms with Gasteiger partial charge in [0.2, 0.25) is 5.91 Å². The average molecular weight is 524 g/mol. The molecule has 196 valence electrons. The summed E-state index contributed by atoms with van der Waals surface area (Å²) in [6.45, 7) is 11.9. The van der Waals surface area contributed by atoms with Crippen molar-refractivity contribution in [1.29, 1.82) is 0 Å². The van der Waals surface area contributed by atoms with Crippen LogP contribution in [-0.2, 0) is 4.79 Å². The van der Waals surface area contributed by atoms with Crippen molar-refractivity contribution in [2.75, 3.05) is 17.2 Å². The van der Waals surface area contributed by atoms with E-state index >= 15 is 0 Å². The molecule has 3 aromatic rings. The van der Waals surface area contributed by atoms with Crippen LogP contribution in [0.3, 0.4) is 0 Å². The van der Waals surface area contributed by atoms with Crippen molar-refractivity contribution < 1.29 is 19.1 Å². The second-order valence-corrected chi connectivity index (χ2v) is 10.5. The number of aromatic nitrogens is 1. The van der Waals surface area contributed by atoms with Crippen molar-refractivity contribution in [3.05, 3.63) is 69.7 Å². The van der Waals surface area contributed by atoms with Crippen LogP contribution in [0.4, 0.5) is 11.4 Å². The molecule has 9 nitrogen and oxygen atoms in total. The molecule has 1 heterocycles. The summed E-state index contributed by atoms with van der Waals surface area (Å²) < 4.78 is 9.56. The zero-order valence-electron chi connectivity index (χ0n) is 21.9. The summed E-state index contributed by atoms with van der Waals surface area (Å²) in [5.74, 6) is -1.16. The second kappa shape index (κ2) is 11.0. The van der Waals surface area contributed by atoms with E-state index in [2.05, 4.69) is 9.69 Å². The zero-order chi connectivity index (χ0) is 27.5. The van der Waals surface area contributed by atoms with Crippen LogP contribution < -0.4 is 26.4 Å². The molecule has 0 saturated heterocycles. The molecular formula is C27H33N5O4S. The Hall–Kier alpha value is -3.92. The van der Waals surface area contributed by atoms with E-state index in [1.807, 2.05) is 53.7 Å². The monoisotopic (exact) mass is 523 g/mol. The van der Waals surface area contributed by atoms with Gasteiger partial charge in [-0.05, 0) is 94.0 Å². The van der Waals surface area contributed by atoms with Gasteiger partial charge in [-0.15, -0.1) is 0 Å². The Morgan fingerprint density at radius 1 is 1.08 bits per heavy atom. The number of aryl methyl sites for hydroxylation is 2. The van der Waals surface area contributed by atoms with Crippen molar-refractivity contribution in [2.45, 2.75) is 53.1 Å². The lowest BCUT2D eigenvalue weighted by Gasteiger charge is -2.34. The topological polar surface area (TPSA) is 141 Å². The summed E-state index contributed by atoms with van der Waals surface area (Å²) in [6.07, 6.45) is 0. The van der Waals surface area contributed by atoms with Gasteiger partial charge in [0.05, 0.1) is 12.3 Å². The third-order valence-electron chi connectivity index (χ3n) is 5.65. The first-order chi connectivity index (χ1) is 17.3. The van der Waals surface area contributed by atoms with Gasteiger partial charge in [0.25, 0.3) is 11.8 Å². The number of primary amides is 1. The van der Waals surface area contributed by atoms with Crippen LogP contribution in [-0.4, -0.2) is 34.2 Å². The Kier molecular flexibility index (Phi) is 8.22. The van der Waals surface area contributed by atoms with Crippen molar-refractivity contribution >= 4 is 40.6 Å². The van der Waals surface area contributed by atoms with Gasteiger partial charge in [-0.2, -0.15) is 4.37 Å². The molecule has 0 saturated carbocycles. The lowest BCUT2D eigenvalue weighted by Crippen LogP contribution is -2.49. The Labute approximate surface area is 221 Å². The van der Waals surface area contributed by atoms with E-state index in [1.165, 1.54) is 4.90 Å². The molecule has 0 aliphatic rings. The van der Waals surface area contributed by atoms with E-state index < -0.39 is 23.4 Å². The number of anilines is 2. The molecule has 1 atom stereocenters. The Balaban J connectivity index is 2.25. The van der Waals surface area contributed by atoms with E-state index in [9.17, 15) is 14.4 Å². The molecule has 3 rings (SSSR count). The minimum atomic E-state index is -1.07. The maximum Gasteiger partial charge on any atom is 0.273 e. The molecule has 0 aliphatic heterocycles. The number of rotatable bonds is 8. The highest BCUT2D eigenvalue weighted by molar-refractivity contribution is 7.09. The minimum absolute atomic E-state index is 0.0199. The number of nitrogens with one attached hydrogen (secondary N) is 1. The number of hydrogen-bond donors (Lipinski definition) is 3. The summed E-state index contributed by atoms with van der Waals surface area (Å²) in [5.41, 5.74) is 13.7. The maximum atomic E-state index is 14.1. The quantitative estimate of drug-likeness (QED) is 0.405. The summed E-state index contributed by atoms with van der Waals surface area (Å²) in [7, 11) is 0. The lowest BCUT2D eigenvalue weighted by atomic mass is 9.99. The molecular weight excluding hydrogens is 490 g/mol. The van der Waals surface area contributed by atoms with Gasteiger partial charge in [0.1, 0.15) is 16.7 Å². The van der Waals surface area contributed by atoms with Crippen LogP contribution in [0.25, 0.3) is 0 Å². The number of carbonyl (C=O) groups excluding carboxylic acids is 3. The molecule has 2 aromatic carbocycles. The minimum Gasteiger partial charge on any atom is -0.494 e. The largest absolute Gasteiger partial charge is 0.494 e. The van der Waals surface area contributed by atoms with Gasteiger partial charge in [-0.3, -0.25) is 19.3 Å². The highest BCUT2D eigenvalue weighted by Crippen LogP contribution is 2.35. The molecule has 37 heavy (non-hydrogen) atoms. The number of nitrogens with two attached hydrogens (primary N) is 2. The highest BCUT2D eigenvalue weighted by atomic mass is 32.1. The predicted octanol–water partition coefficient (Wildman–Crippen LogP) is 4.14. The fourth-order valence-corrected chi connectivity index (χ4v) is 4.51. The van der Waals surface area contributed by atoms with Gasteiger partial charge < -0.3 is 21.5 Å². The number of benzene rings is 2. The van der Waals surface area contributed by atoms with E-state index in [0.29, 0.717) is 23.6 Å². The molecule has 0 fully saturated rings. The zero-order valence-corrected chi connectivity index (χ0v) is 22.7. The predicted molar refractivity (Wildman–Crippen MR) is 146 cm³/mol. The standard InChI is InChI=1S/C27H33N5O4S/c1-7-36-19-12-9-17(10-13-19)22(25(34)30-27(4,5)6)32(18-11-8-15(2)16(3)14-18)26(35)23-20(28)21(24(29)33)31-37-23/h8-14,22H,7,28H2,1-6H3,(H2,29,33)(H,30,34). The Morgan fingerprint density at radius 2 is 1.73 bits per heavy atom. The van der Waals surface area contributed by atoms with E-state index in [1.54, 1.807) is 30.3 Å². The Morgan fingerprint density at radius 3 is 2.24 bits per heavy atom. The van der Waals surface area contributed by atoms with Crippen LogP contribution >= 0.6 is 11.5 Å². The van der Waals surface area contributed by atoms with E-state index in [-0.39, 0.29) is 22.2 Å². The third-order valence-corrected chi connectivity index (χ3v) is 6.51. The van der Waals surface area contributed by atoms with Crippen LogP contribution in [0.5, 0.6) is 5.75 Å². The molecule has 0 radical (unpaired) electrons. The fraction of sp³-hybridized carbons (Fsp3) is 0.333. The first-order valence-corrected chi connectivity index (χ1v) is 12.6. The normalized spacial score (nSPS) is 12.1. The summed E-state index contributed by atoms with van der Waals surface area (Å²) in [4.78, 5) is 41.1. The van der Waals surface area contributed by atoms with E-state index in [4.69, 9.17) is 16.2 Å². The molecule has 1 unspecified atom stereocenters. The number of hydrogen-bond acceptors (Lipinski definition) is 7. The van der Waals surface area contributed by atoms with Gasteiger partial charge in [-0.1, -0.05) is 18.2 Å². The molecule has 10 heteroatoms. The van der Waals surface area contributed by atoms with Crippen LogP contribution in [0, 0.1) is 13.8 Å². The molecule has 5 N–H and O–H groups in total. The SMILES string of the molecule is CCOc1ccc(C(C(=O)NC(C)(C)C)N(C(=O)c2snc(C(N)=O)c2N)c2ccc(C)c(C)c2)cc1. The maximum absolute atomic E-state index is 14.1. The Bertz CT molecular complexity index is 1310. The average Bonchev–Trinajstić information content (AvgIpc) is 3.20. The third kappa shape index (κ3) is 6.26. The van der Waals surface area contributed by atoms with Crippen LogP contribution in [0.15, 0.2) is 42.5 Å². The van der Waals surface area contributed by atoms with Crippen LogP contribution in [0.1, 0.15) is 70.6 Å². The number of nitrogens with zero attached hydrogens (tertiary/aromatic N) is 2. The molecule has 0 spiro atoms. The fourth-order valence-electron chi connectivity index (χ4n) is 3.77.